The lowest BCUT2D eigenvalue weighted by Gasteiger charge is -2.05. The average Bonchev–Trinajstić information content (AvgIpc) is 2.87. The fourth-order valence-electron chi connectivity index (χ4n) is 2.58. The van der Waals surface area contributed by atoms with Crippen LogP contribution >= 0.6 is 0 Å². The topological polar surface area (TPSA) is 112 Å². The molecule has 7 nitrogen and oxygen atoms in total. The van der Waals surface area contributed by atoms with Gasteiger partial charge in [-0.25, -0.2) is 9.48 Å². The van der Waals surface area contributed by atoms with Gasteiger partial charge in [0, 0.05) is 6.07 Å². The fraction of sp³-hybridized carbons (Fsp3) is 0.125. The largest absolute Gasteiger partial charge is 0.476 e. The van der Waals surface area contributed by atoms with Gasteiger partial charge >= 0.3 is 5.97 Å². The number of carboxylic acids is 1. The second-order valence-corrected chi connectivity index (χ2v) is 5.12. The summed E-state index contributed by atoms with van der Waals surface area (Å²) in [6.45, 7) is 1.85. The normalized spacial score (nSPS) is 10.6. The molecule has 114 valence electrons. The van der Waals surface area contributed by atoms with E-state index in [1.165, 1.54) is 10.7 Å². The molecule has 3 aromatic rings. The van der Waals surface area contributed by atoms with Crippen LogP contribution in [0.4, 0.5) is 0 Å². The van der Waals surface area contributed by atoms with E-state index in [1.807, 2.05) is 0 Å². The molecule has 3 rings (SSSR count). The molecule has 2 heterocycles. The zero-order chi connectivity index (χ0) is 16.6. The van der Waals surface area contributed by atoms with E-state index < -0.39 is 5.97 Å². The maximum Gasteiger partial charge on any atom is 0.357 e. The molecule has 0 unspecified atom stereocenters. The van der Waals surface area contributed by atoms with Crippen molar-refractivity contribution in [1.82, 2.24) is 14.8 Å². The van der Waals surface area contributed by atoms with E-state index in [4.69, 9.17) is 5.26 Å². The number of carboxylic acid groups (broad SMARTS) is 1. The number of pyridine rings is 1. The fourth-order valence-corrected chi connectivity index (χ4v) is 2.58. The average molecular weight is 308 g/mol. The summed E-state index contributed by atoms with van der Waals surface area (Å²) in [5, 5.41) is 23.0. The van der Waals surface area contributed by atoms with Crippen molar-refractivity contribution in [2.45, 2.75) is 13.5 Å². The Bertz CT molecular complexity index is 1020. The van der Waals surface area contributed by atoms with Gasteiger partial charge in [0.15, 0.2) is 5.69 Å². The molecular weight excluding hydrogens is 296 g/mol. The Kier molecular flexibility index (Phi) is 3.43. The first kappa shape index (κ1) is 14.5. The molecule has 0 aliphatic rings. The summed E-state index contributed by atoms with van der Waals surface area (Å²) in [5.41, 5.74) is 1.59. The lowest BCUT2D eigenvalue weighted by atomic mass is 10.1. The number of aromatic amines is 1. The number of aryl methyl sites for hydroxylation is 1. The highest BCUT2D eigenvalue weighted by atomic mass is 16.4. The number of aromatic carboxylic acids is 1. The van der Waals surface area contributed by atoms with Crippen molar-refractivity contribution in [3.63, 3.8) is 0 Å². The van der Waals surface area contributed by atoms with E-state index in [9.17, 15) is 14.7 Å². The summed E-state index contributed by atoms with van der Waals surface area (Å²) in [5.74, 6) is -1.17. The van der Waals surface area contributed by atoms with Crippen LogP contribution in [0.15, 0.2) is 35.1 Å². The quantitative estimate of drug-likeness (QED) is 0.764. The first-order valence-corrected chi connectivity index (χ1v) is 6.83. The summed E-state index contributed by atoms with van der Waals surface area (Å²) in [6.07, 6.45) is 0. The molecule has 0 amide bonds. The first-order valence-electron chi connectivity index (χ1n) is 6.83. The van der Waals surface area contributed by atoms with E-state index in [1.54, 1.807) is 31.2 Å². The minimum Gasteiger partial charge on any atom is -0.476 e. The molecule has 2 N–H and O–H groups in total. The van der Waals surface area contributed by atoms with Crippen LogP contribution in [0.1, 0.15) is 27.2 Å². The van der Waals surface area contributed by atoms with Crippen molar-refractivity contribution < 1.29 is 9.90 Å². The van der Waals surface area contributed by atoms with Gasteiger partial charge in [-0.05, 0) is 24.1 Å². The predicted molar refractivity (Wildman–Crippen MR) is 82.3 cm³/mol. The smallest absolute Gasteiger partial charge is 0.357 e. The van der Waals surface area contributed by atoms with Gasteiger partial charge in [0.25, 0.3) is 0 Å². The molecule has 0 saturated carbocycles. The second-order valence-electron chi connectivity index (χ2n) is 5.12. The van der Waals surface area contributed by atoms with E-state index in [0.29, 0.717) is 27.7 Å². The van der Waals surface area contributed by atoms with Crippen LogP contribution in [0.25, 0.3) is 11.0 Å². The van der Waals surface area contributed by atoms with E-state index in [0.717, 1.165) is 0 Å². The monoisotopic (exact) mass is 308 g/mol. The molecule has 0 spiro atoms. The number of nitriles is 1. The van der Waals surface area contributed by atoms with Gasteiger partial charge in [-0.1, -0.05) is 18.2 Å². The van der Waals surface area contributed by atoms with Gasteiger partial charge in [0.05, 0.1) is 23.6 Å². The highest BCUT2D eigenvalue weighted by Crippen LogP contribution is 2.21. The highest BCUT2D eigenvalue weighted by molar-refractivity contribution is 6.01. The highest BCUT2D eigenvalue weighted by Gasteiger charge is 2.19. The van der Waals surface area contributed by atoms with Gasteiger partial charge in [-0.3, -0.25) is 4.79 Å². The molecule has 2 aromatic heterocycles. The Morgan fingerprint density at radius 2 is 2.17 bits per heavy atom. The maximum absolute atomic E-state index is 11.7. The number of rotatable bonds is 3. The number of fused-ring (bicyclic) bond motifs is 1. The van der Waals surface area contributed by atoms with Crippen molar-refractivity contribution in [3.8, 4) is 6.07 Å². The van der Waals surface area contributed by atoms with Crippen LogP contribution in [-0.2, 0) is 6.54 Å². The zero-order valence-electron chi connectivity index (χ0n) is 12.2. The van der Waals surface area contributed by atoms with Crippen molar-refractivity contribution >= 4 is 17.0 Å². The van der Waals surface area contributed by atoms with E-state index in [2.05, 4.69) is 16.2 Å². The summed E-state index contributed by atoms with van der Waals surface area (Å²) in [7, 11) is 0. The van der Waals surface area contributed by atoms with Crippen LogP contribution < -0.4 is 5.56 Å². The van der Waals surface area contributed by atoms with Gasteiger partial charge in [0.2, 0.25) is 5.56 Å². The van der Waals surface area contributed by atoms with Crippen LogP contribution in [0.3, 0.4) is 0 Å². The van der Waals surface area contributed by atoms with Crippen LogP contribution in [0.5, 0.6) is 0 Å². The zero-order valence-corrected chi connectivity index (χ0v) is 12.2. The number of H-pyrrole nitrogens is 1. The Balaban J connectivity index is 2.24. The summed E-state index contributed by atoms with van der Waals surface area (Å²) in [4.78, 5) is 25.8. The Morgan fingerprint density at radius 1 is 1.43 bits per heavy atom. The number of hydrogen-bond acceptors (Lipinski definition) is 4. The Morgan fingerprint density at radius 3 is 2.87 bits per heavy atom. The van der Waals surface area contributed by atoms with Crippen LogP contribution in [0.2, 0.25) is 0 Å². The molecule has 0 bridgehead atoms. The van der Waals surface area contributed by atoms with Crippen molar-refractivity contribution in [2.24, 2.45) is 0 Å². The molecule has 0 atom stereocenters. The van der Waals surface area contributed by atoms with Crippen molar-refractivity contribution in [2.75, 3.05) is 0 Å². The van der Waals surface area contributed by atoms with Gasteiger partial charge < -0.3 is 10.1 Å². The first-order chi connectivity index (χ1) is 11.0. The molecular formula is C16H12N4O3. The van der Waals surface area contributed by atoms with Crippen molar-refractivity contribution in [3.05, 3.63) is 63.1 Å². The molecule has 0 radical (unpaired) electrons. The number of hydrogen-bond donors (Lipinski definition) is 2. The summed E-state index contributed by atoms with van der Waals surface area (Å²) < 4.78 is 1.41. The number of nitrogens with one attached hydrogen (secondary N) is 1. The van der Waals surface area contributed by atoms with E-state index in [-0.39, 0.29) is 17.8 Å². The SMILES string of the molecule is Cc1cc(=O)[nH]c2c1c(C(=O)O)nn2Cc1ccccc1C#N. The summed E-state index contributed by atoms with van der Waals surface area (Å²) in [6, 6.07) is 10.4. The minimum atomic E-state index is -1.17. The maximum atomic E-state index is 11.7. The molecule has 0 saturated heterocycles. The number of carbonyl (C=O) groups is 1. The molecule has 23 heavy (non-hydrogen) atoms. The minimum absolute atomic E-state index is 0.122. The standard InChI is InChI=1S/C16H12N4O3/c1-9-6-12(21)18-15-13(9)14(16(22)23)19-20(15)8-11-5-3-2-4-10(11)7-17/h2-6H,8H2,1H3,(H,18,21)(H,22,23). The third-order valence-corrected chi connectivity index (χ3v) is 3.60. The van der Waals surface area contributed by atoms with E-state index >= 15 is 0 Å². The number of benzene rings is 1. The third kappa shape index (κ3) is 2.46. The van der Waals surface area contributed by atoms with Gasteiger partial charge in [-0.2, -0.15) is 10.4 Å². The van der Waals surface area contributed by atoms with Crippen LogP contribution in [0, 0.1) is 18.3 Å². The lowest BCUT2D eigenvalue weighted by Crippen LogP contribution is -2.10. The van der Waals surface area contributed by atoms with Crippen LogP contribution in [-0.4, -0.2) is 25.8 Å². The molecule has 0 aliphatic heterocycles. The van der Waals surface area contributed by atoms with Gasteiger partial charge in [-0.15, -0.1) is 0 Å². The Hall–Kier alpha value is -3.40. The second kappa shape index (κ2) is 5.42. The molecule has 1 aromatic carbocycles. The molecule has 0 fully saturated rings. The van der Waals surface area contributed by atoms with Gasteiger partial charge in [0.1, 0.15) is 5.65 Å². The summed E-state index contributed by atoms with van der Waals surface area (Å²) >= 11 is 0. The Labute approximate surface area is 130 Å². The van der Waals surface area contributed by atoms with Crippen molar-refractivity contribution in [1.29, 1.82) is 5.26 Å². The third-order valence-electron chi connectivity index (χ3n) is 3.60. The number of nitrogens with zero attached hydrogens (tertiary/aromatic N) is 3. The molecule has 7 heteroatoms. The number of aromatic nitrogens is 3. The lowest BCUT2D eigenvalue weighted by molar-refractivity contribution is 0.0691. The predicted octanol–water partition coefficient (Wildman–Crippen LogP) is 1.65. The molecule has 0 aliphatic carbocycles.